The maximum atomic E-state index is 13.4. The first-order chi connectivity index (χ1) is 10.1. The summed E-state index contributed by atoms with van der Waals surface area (Å²) in [5.74, 6) is 0.236. The Labute approximate surface area is 134 Å². The summed E-state index contributed by atoms with van der Waals surface area (Å²) < 4.78 is 14.5. The molecule has 1 aromatic heterocycles. The molecule has 0 amide bonds. The van der Waals surface area contributed by atoms with Crippen molar-refractivity contribution in [1.29, 1.82) is 0 Å². The predicted molar refractivity (Wildman–Crippen MR) is 88.0 cm³/mol. The molecule has 0 saturated heterocycles. The molecule has 0 spiro atoms. The first kappa shape index (κ1) is 14.1. The van der Waals surface area contributed by atoms with Crippen LogP contribution < -0.4 is 0 Å². The highest BCUT2D eigenvalue weighted by molar-refractivity contribution is 9.10. The molecular formula is C16H10BrFN2S. The quantitative estimate of drug-likeness (QED) is 0.622. The smallest absolute Gasteiger partial charge is 0.144 e. The molecule has 0 aliphatic rings. The van der Waals surface area contributed by atoms with Gasteiger partial charge in [-0.3, -0.25) is 0 Å². The van der Waals surface area contributed by atoms with Gasteiger partial charge in [-0.2, -0.15) is 0 Å². The Morgan fingerprint density at radius 1 is 1.00 bits per heavy atom. The lowest BCUT2D eigenvalue weighted by molar-refractivity contribution is 0.628. The van der Waals surface area contributed by atoms with Crippen LogP contribution in [-0.4, -0.2) is 9.97 Å². The fourth-order valence-corrected chi connectivity index (χ4v) is 2.65. The van der Waals surface area contributed by atoms with E-state index in [1.165, 1.54) is 12.1 Å². The zero-order chi connectivity index (χ0) is 14.8. The second-order valence-corrected chi connectivity index (χ2v) is 5.64. The number of nitrogens with zero attached hydrogens (tertiary/aromatic N) is 1. The minimum absolute atomic E-state index is 0.308. The minimum Gasteiger partial charge on any atom is -0.338 e. The van der Waals surface area contributed by atoms with E-state index in [4.69, 9.17) is 12.2 Å². The van der Waals surface area contributed by atoms with E-state index in [0.717, 1.165) is 15.7 Å². The van der Waals surface area contributed by atoms with Gasteiger partial charge in [0.25, 0.3) is 0 Å². The van der Waals surface area contributed by atoms with Crippen molar-refractivity contribution in [3.63, 3.8) is 0 Å². The molecule has 1 N–H and O–H groups in total. The molecule has 0 aliphatic heterocycles. The average Bonchev–Trinajstić information content (AvgIpc) is 2.51. The predicted octanol–water partition coefficient (Wildman–Crippen LogP) is 5.37. The van der Waals surface area contributed by atoms with Crippen molar-refractivity contribution >= 4 is 28.1 Å². The minimum atomic E-state index is -0.308. The molecule has 1 heterocycles. The fraction of sp³-hybridized carbons (Fsp3) is 0. The summed E-state index contributed by atoms with van der Waals surface area (Å²) in [4.78, 5) is 7.54. The molecule has 104 valence electrons. The van der Waals surface area contributed by atoms with Crippen molar-refractivity contribution < 1.29 is 4.39 Å². The van der Waals surface area contributed by atoms with Crippen LogP contribution >= 0.6 is 28.1 Å². The number of aromatic amines is 1. The third-order valence-electron chi connectivity index (χ3n) is 3.02. The fourth-order valence-electron chi connectivity index (χ4n) is 2.03. The zero-order valence-corrected chi connectivity index (χ0v) is 13.2. The topological polar surface area (TPSA) is 28.7 Å². The highest BCUT2D eigenvalue weighted by Crippen LogP contribution is 2.29. The Hall–Kier alpha value is -1.85. The molecule has 0 bridgehead atoms. The van der Waals surface area contributed by atoms with Gasteiger partial charge >= 0.3 is 0 Å². The SMILES string of the molecule is Fc1cccc(-c2nc(=S)c(Br)c(-c3ccccc3)[nH]2)c1. The highest BCUT2D eigenvalue weighted by Gasteiger charge is 2.10. The van der Waals surface area contributed by atoms with E-state index >= 15 is 0 Å². The van der Waals surface area contributed by atoms with E-state index in [1.54, 1.807) is 12.1 Å². The van der Waals surface area contributed by atoms with Crippen molar-refractivity contribution in [1.82, 2.24) is 9.97 Å². The summed E-state index contributed by atoms with van der Waals surface area (Å²) in [6, 6.07) is 16.0. The lowest BCUT2D eigenvalue weighted by atomic mass is 10.1. The summed E-state index contributed by atoms with van der Waals surface area (Å²) in [7, 11) is 0. The number of hydrogen-bond acceptors (Lipinski definition) is 2. The van der Waals surface area contributed by atoms with Crippen molar-refractivity contribution in [2.75, 3.05) is 0 Å². The monoisotopic (exact) mass is 360 g/mol. The average molecular weight is 361 g/mol. The number of halogens is 2. The standard InChI is InChI=1S/C16H10BrFN2S/c17-13-14(10-5-2-1-3-6-10)19-15(20-16(13)21)11-7-4-8-12(18)9-11/h1-9H,(H,19,20,21). The number of aromatic nitrogens is 2. The van der Waals surface area contributed by atoms with Crippen LogP contribution in [0.4, 0.5) is 4.39 Å². The molecular weight excluding hydrogens is 351 g/mol. The Kier molecular flexibility index (Phi) is 3.94. The van der Waals surface area contributed by atoms with Crippen LogP contribution in [0.15, 0.2) is 59.1 Å². The van der Waals surface area contributed by atoms with Gasteiger partial charge in [-0.1, -0.05) is 54.7 Å². The molecule has 5 heteroatoms. The van der Waals surface area contributed by atoms with Crippen molar-refractivity contribution in [2.24, 2.45) is 0 Å². The molecule has 0 atom stereocenters. The van der Waals surface area contributed by atoms with Crippen molar-refractivity contribution in [3.8, 4) is 22.6 Å². The van der Waals surface area contributed by atoms with Crippen LogP contribution in [0, 0.1) is 10.5 Å². The second kappa shape index (κ2) is 5.87. The van der Waals surface area contributed by atoms with Crippen LogP contribution in [0.1, 0.15) is 0 Å². The largest absolute Gasteiger partial charge is 0.338 e. The maximum Gasteiger partial charge on any atom is 0.144 e. The normalized spacial score (nSPS) is 10.6. The van der Waals surface area contributed by atoms with E-state index < -0.39 is 0 Å². The van der Waals surface area contributed by atoms with Crippen LogP contribution in [0.5, 0.6) is 0 Å². The van der Waals surface area contributed by atoms with Gasteiger partial charge in [-0.05, 0) is 33.6 Å². The molecule has 3 rings (SSSR count). The molecule has 0 radical (unpaired) electrons. The van der Waals surface area contributed by atoms with Gasteiger partial charge in [0.1, 0.15) is 16.3 Å². The van der Waals surface area contributed by atoms with Gasteiger partial charge in [0, 0.05) is 5.56 Å². The Balaban J connectivity index is 2.21. The number of nitrogens with one attached hydrogen (secondary N) is 1. The third kappa shape index (κ3) is 2.94. The molecule has 0 fully saturated rings. The molecule has 3 aromatic rings. The number of rotatable bonds is 2. The van der Waals surface area contributed by atoms with Gasteiger partial charge in [-0.25, -0.2) is 9.37 Å². The van der Waals surface area contributed by atoms with Crippen LogP contribution in [0.25, 0.3) is 22.6 Å². The zero-order valence-electron chi connectivity index (χ0n) is 10.8. The molecule has 0 aliphatic carbocycles. The highest BCUT2D eigenvalue weighted by atomic mass is 79.9. The van der Waals surface area contributed by atoms with Crippen molar-refractivity contribution in [3.05, 3.63) is 69.5 Å². The van der Waals surface area contributed by atoms with E-state index in [1.807, 2.05) is 30.3 Å². The van der Waals surface area contributed by atoms with Crippen LogP contribution in [-0.2, 0) is 0 Å². The lowest BCUT2D eigenvalue weighted by Gasteiger charge is -2.09. The summed E-state index contributed by atoms with van der Waals surface area (Å²) >= 11 is 8.76. The van der Waals surface area contributed by atoms with E-state index in [-0.39, 0.29) is 5.82 Å². The maximum absolute atomic E-state index is 13.4. The summed E-state index contributed by atoms with van der Waals surface area (Å²) in [5, 5.41) is 0. The first-order valence-electron chi connectivity index (χ1n) is 6.26. The third-order valence-corrected chi connectivity index (χ3v) is 4.35. The lowest BCUT2D eigenvalue weighted by Crippen LogP contribution is -1.95. The number of hydrogen-bond donors (Lipinski definition) is 1. The van der Waals surface area contributed by atoms with Gasteiger partial charge in [0.15, 0.2) is 0 Å². The number of benzene rings is 2. The van der Waals surface area contributed by atoms with E-state index in [0.29, 0.717) is 16.0 Å². The van der Waals surface area contributed by atoms with Gasteiger partial charge < -0.3 is 4.98 Å². The summed E-state index contributed by atoms with van der Waals surface area (Å²) in [6.45, 7) is 0. The van der Waals surface area contributed by atoms with Gasteiger partial charge in [0.05, 0.1) is 10.2 Å². The number of H-pyrrole nitrogens is 1. The van der Waals surface area contributed by atoms with Gasteiger partial charge in [-0.15, -0.1) is 0 Å². The first-order valence-corrected chi connectivity index (χ1v) is 7.46. The van der Waals surface area contributed by atoms with E-state index in [9.17, 15) is 4.39 Å². The van der Waals surface area contributed by atoms with Crippen molar-refractivity contribution in [2.45, 2.75) is 0 Å². The molecule has 0 unspecified atom stereocenters. The summed E-state index contributed by atoms with van der Waals surface area (Å²) in [6.07, 6.45) is 0. The Morgan fingerprint density at radius 3 is 2.43 bits per heavy atom. The molecule has 2 aromatic carbocycles. The molecule has 21 heavy (non-hydrogen) atoms. The Morgan fingerprint density at radius 2 is 1.71 bits per heavy atom. The second-order valence-electron chi connectivity index (χ2n) is 4.46. The van der Waals surface area contributed by atoms with Crippen LogP contribution in [0.3, 0.4) is 0 Å². The van der Waals surface area contributed by atoms with E-state index in [2.05, 4.69) is 25.9 Å². The summed E-state index contributed by atoms with van der Waals surface area (Å²) in [5.41, 5.74) is 2.47. The molecule has 2 nitrogen and oxygen atoms in total. The van der Waals surface area contributed by atoms with Crippen LogP contribution in [0.2, 0.25) is 0 Å². The Bertz CT molecular complexity index is 846. The van der Waals surface area contributed by atoms with Gasteiger partial charge in [0.2, 0.25) is 0 Å². The molecule has 0 saturated carbocycles.